The van der Waals surface area contributed by atoms with Gasteiger partial charge in [0.15, 0.2) is 5.82 Å². The van der Waals surface area contributed by atoms with Crippen LogP contribution in [0.15, 0.2) is 30.6 Å². The average Bonchev–Trinajstić information content (AvgIpc) is 2.53. The number of amides is 1. The summed E-state index contributed by atoms with van der Waals surface area (Å²) in [6, 6.07) is 5.96. The van der Waals surface area contributed by atoms with Crippen LogP contribution in [0.5, 0.6) is 0 Å². The molecule has 5 nitrogen and oxygen atoms in total. The van der Waals surface area contributed by atoms with Gasteiger partial charge in [-0.15, -0.1) is 0 Å². The number of carbonyl (C=O) groups is 1. The third-order valence-electron chi connectivity index (χ3n) is 5.18. The molecule has 2 aromatic heterocycles. The predicted molar refractivity (Wildman–Crippen MR) is 86.7 cm³/mol. The van der Waals surface area contributed by atoms with Crippen molar-refractivity contribution >= 4 is 5.91 Å². The molecule has 0 spiro atoms. The summed E-state index contributed by atoms with van der Waals surface area (Å²) >= 11 is 0. The number of rotatable bonds is 2. The van der Waals surface area contributed by atoms with Gasteiger partial charge in [0.05, 0.1) is 5.56 Å². The minimum Gasteiger partial charge on any atom is -0.334 e. The normalized spacial score (nSPS) is 25.8. The molecule has 3 aliphatic rings. The maximum Gasteiger partial charge on any atom is 0.273 e. The molecule has 0 radical (unpaired) electrons. The first-order valence-electron chi connectivity index (χ1n) is 8.19. The zero-order valence-electron chi connectivity index (χ0n) is 13.4. The lowest BCUT2D eigenvalue weighted by Gasteiger charge is -2.52. The maximum atomic E-state index is 13.1. The Bertz CT molecular complexity index is 740. The first-order valence-corrected chi connectivity index (χ1v) is 8.19. The smallest absolute Gasteiger partial charge is 0.273 e. The highest BCUT2D eigenvalue weighted by molar-refractivity contribution is 5.98. The van der Waals surface area contributed by atoms with E-state index in [2.05, 4.69) is 21.9 Å². The minimum atomic E-state index is 0.0196. The van der Waals surface area contributed by atoms with Crippen molar-refractivity contribution in [3.8, 4) is 11.4 Å². The van der Waals surface area contributed by atoms with Crippen LogP contribution in [0.2, 0.25) is 0 Å². The van der Waals surface area contributed by atoms with Gasteiger partial charge < -0.3 is 4.90 Å². The largest absolute Gasteiger partial charge is 0.334 e. The molecule has 3 fully saturated rings. The molecule has 23 heavy (non-hydrogen) atoms. The molecule has 118 valence electrons. The molecule has 4 heterocycles. The molecule has 5 heteroatoms. The van der Waals surface area contributed by atoms with Gasteiger partial charge in [0, 0.05) is 30.7 Å². The summed E-state index contributed by atoms with van der Waals surface area (Å²) in [5, 5.41) is 0. The highest BCUT2D eigenvalue weighted by atomic mass is 16.2. The van der Waals surface area contributed by atoms with Crippen molar-refractivity contribution < 1.29 is 4.79 Å². The van der Waals surface area contributed by atoms with E-state index in [9.17, 15) is 4.79 Å². The third-order valence-corrected chi connectivity index (χ3v) is 5.18. The number of piperidine rings is 2. The van der Waals surface area contributed by atoms with Crippen LogP contribution in [0, 0.1) is 18.8 Å². The lowest BCUT2D eigenvalue weighted by atomic mass is 9.68. The Morgan fingerprint density at radius 1 is 1.22 bits per heavy atom. The van der Waals surface area contributed by atoms with Crippen LogP contribution < -0.4 is 0 Å². The van der Waals surface area contributed by atoms with Gasteiger partial charge in [-0.3, -0.25) is 4.79 Å². The van der Waals surface area contributed by atoms with Crippen LogP contribution in [0.1, 0.15) is 35.9 Å². The topological polar surface area (TPSA) is 59.0 Å². The summed E-state index contributed by atoms with van der Waals surface area (Å²) in [6.45, 7) is 4.98. The van der Waals surface area contributed by atoms with Gasteiger partial charge in [-0.05, 0) is 49.8 Å². The van der Waals surface area contributed by atoms with Gasteiger partial charge in [0.25, 0.3) is 5.91 Å². The van der Waals surface area contributed by atoms with Crippen LogP contribution in [-0.4, -0.2) is 38.3 Å². The molecule has 2 aromatic rings. The number of hydrogen-bond acceptors (Lipinski definition) is 4. The first kappa shape index (κ1) is 14.3. The summed E-state index contributed by atoms with van der Waals surface area (Å²) < 4.78 is 0. The lowest BCUT2D eigenvalue weighted by molar-refractivity contribution is -0.0149. The van der Waals surface area contributed by atoms with E-state index >= 15 is 0 Å². The second-order valence-electron chi connectivity index (χ2n) is 6.74. The van der Waals surface area contributed by atoms with E-state index in [0.717, 1.165) is 36.6 Å². The Hall–Kier alpha value is -2.30. The Kier molecular flexibility index (Phi) is 3.36. The van der Waals surface area contributed by atoms with Crippen molar-refractivity contribution in [3.05, 3.63) is 42.0 Å². The molecule has 0 N–H and O–H groups in total. The third kappa shape index (κ3) is 2.40. The zero-order valence-corrected chi connectivity index (χ0v) is 13.4. The SMILES string of the molecule is Cc1ccc(-c2ncccn2)c(C(=O)N2CC(C)C3CC2C3)n1. The van der Waals surface area contributed by atoms with E-state index in [0.29, 0.717) is 23.5 Å². The van der Waals surface area contributed by atoms with Gasteiger partial charge in [0.2, 0.25) is 0 Å². The second-order valence-corrected chi connectivity index (χ2v) is 6.74. The van der Waals surface area contributed by atoms with Crippen molar-refractivity contribution in [1.29, 1.82) is 0 Å². The van der Waals surface area contributed by atoms with Gasteiger partial charge in [0.1, 0.15) is 5.69 Å². The van der Waals surface area contributed by atoms with Crippen molar-refractivity contribution in [3.63, 3.8) is 0 Å². The fraction of sp³-hybridized carbons (Fsp3) is 0.444. The average molecular weight is 308 g/mol. The number of aryl methyl sites for hydroxylation is 1. The summed E-state index contributed by atoms with van der Waals surface area (Å²) in [5.74, 6) is 1.95. The summed E-state index contributed by atoms with van der Waals surface area (Å²) in [6.07, 6.45) is 5.65. The van der Waals surface area contributed by atoms with E-state index in [1.165, 1.54) is 0 Å². The molecule has 2 bridgehead atoms. The number of pyridine rings is 1. The molecular weight excluding hydrogens is 288 g/mol. The van der Waals surface area contributed by atoms with Crippen molar-refractivity contribution in [2.45, 2.75) is 32.7 Å². The van der Waals surface area contributed by atoms with Gasteiger partial charge in [-0.25, -0.2) is 15.0 Å². The monoisotopic (exact) mass is 308 g/mol. The highest BCUT2D eigenvalue weighted by Gasteiger charge is 2.45. The molecule has 1 unspecified atom stereocenters. The number of nitrogens with zero attached hydrogens (tertiary/aromatic N) is 4. The number of carbonyl (C=O) groups excluding carboxylic acids is 1. The molecule has 2 saturated heterocycles. The van der Waals surface area contributed by atoms with Crippen LogP contribution in [-0.2, 0) is 0 Å². The molecular formula is C18H20N4O. The van der Waals surface area contributed by atoms with E-state index < -0.39 is 0 Å². The van der Waals surface area contributed by atoms with E-state index in [-0.39, 0.29) is 5.91 Å². The number of aromatic nitrogens is 3. The number of fused-ring (bicyclic) bond motifs is 2. The van der Waals surface area contributed by atoms with Crippen molar-refractivity contribution in [2.75, 3.05) is 6.54 Å². The maximum absolute atomic E-state index is 13.1. The van der Waals surface area contributed by atoms with Gasteiger partial charge >= 0.3 is 0 Å². The Morgan fingerprint density at radius 3 is 2.65 bits per heavy atom. The molecule has 1 atom stereocenters. The fourth-order valence-corrected chi connectivity index (χ4v) is 3.68. The highest BCUT2D eigenvalue weighted by Crippen LogP contribution is 2.43. The summed E-state index contributed by atoms with van der Waals surface area (Å²) in [7, 11) is 0. The van der Waals surface area contributed by atoms with Crippen LogP contribution >= 0.6 is 0 Å². The molecule has 5 rings (SSSR count). The van der Waals surface area contributed by atoms with E-state index in [1.807, 2.05) is 24.0 Å². The van der Waals surface area contributed by atoms with Crippen molar-refractivity contribution in [2.24, 2.45) is 11.8 Å². The molecule has 1 aliphatic carbocycles. The minimum absolute atomic E-state index is 0.0196. The van der Waals surface area contributed by atoms with Crippen LogP contribution in [0.4, 0.5) is 0 Å². The Labute approximate surface area is 135 Å². The van der Waals surface area contributed by atoms with Crippen LogP contribution in [0.3, 0.4) is 0 Å². The standard InChI is InChI=1S/C18H20N4O/c1-11-10-22(14-8-13(11)9-14)18(23)16-15(5-4-12(2)21-16)17-19-6-3-7-20-17/h3-7,11,13-14H,8-10H2,1-2H3. The van der Waals surface area contributed by atoms with Gasteiger partial charge in [-0.2, -0.15) is 0 Å². The quantitative estimate of drug-likeness (QED) is 0.856. The Morgan fingerprint density at radius 2 is 1.96 bits per heavy atom. The molecule has 2 aliphatic heterocycles. The molecule has 1 saturated carbocycles. The van der Waals surface area contributed by atoms with Gasteiger partial charge in [-0.1, -0.05) is 6.92 Å². The summed E-state index contributed by atoms with van der Waals surface area (Å²) in [5.41, 5.74) is 2.04. The molecule has 1 amide bonds. The zero-order chi connectivity index (χ0) is 16.0. The predicted octanol–water partition coefficient (Wildman–Crippen LogP) is 2.72. The number of hydrogen-bond donors (Lipinski definition) is 0. The van der Waals surface area contributed by atoms with E-state index in [1.54, 1.807) is 18.5 Å². The second kappa shape index (κ2) is 5.41. The summed E-state index contributed by atoms with van der Waals surface area (Å²) in [4.78, 5) is 28.3. The molecule has 0 aromatic carbocycles. The van der Waals surface area contributed by atoms with Crippen LogP contribution in [0.25, 0.3) is 11.4 Å². The fourth-order valence-electron chi connectivity index (χ4n) is 3.68. The first-order chi connectivity index (χ1) is 11.1. The lowest BCUT2D eigenvalue weighted by Crippen LogP contribution is -2.57. The van der Waals surface area contributed by atoms with E-state index in [4.69, 9.17) is 0 Å². The Balaban J connectivity index is 1.73. The van der Waals surface area contributed by atoms with Crippen molar-refractivity contribution in [1.82, 2.24) is 19.9 Å².